The number of fused-ring (bicyclic) bond motifs is 1. The number of carbonyl (C=O) groups is 4. The number of nitrogens with zero attached hydrogens (tertiary/aromatic N) is 1. The van der Waals surface area contributed by atoms with Gasteiger partial charge in [0.05, 0.1) is 41.1 Å². The van der Waals surface area contributed by atoms with Crippen molar-refractivity contribution >= 4 is 95.7 Å². The fourth-order valence-corrected chi connectivity index (χ4v) is 10.7. The predicted octanol–water partition coefficient (Wildman–Crippen LogP) is 14.0. The van der Waals surface area contributed by atoms with Gasteiger partial charge >= 0.3 is 0 Å². The molecule has 11 nitrogen and oxygen atoms in total. The van der Waals surface area contributed by atoms with Gasteiger partial charge in [0.2, 0.25) is 5.78 Å². The fraction of sp³-hybridized carbons (Fsp3) is 0.453. The Morgan fingerprint density at radius 1 is 0.722 bits per heavy atom. The van der Waals surface area contributed by atoms with Crippen LogP contribution in [0.2, 0.25) is 19.6 Å². The van der Waals surface area contributed by atoms with Crippen LogP contribution in [0.3, 0.4) is 0 Å². The highest BCUT2D eigenvalue weighted by Crippen LogP contribution is 2.44. The number of halogens is 7. The van der Waals surface area contributed by atoms with Crippen molar-refractivity contribution in [2.24, 2.45) is 0 Å². The highest BCUT2D eigenvalue weighted by molar-refractivity contribution is 9.11. The van der Waals surface area contributed by atoms with E-state index in [1.54, 1.807) is 39.5 Å². The molecule has 72 heavy (non-hydrogen) atoms. The van der Waals surface area contributed by atoms with Gasteiger partial charge in [-0.25, -0.2) is 13.2 Å². The highest BCUT2D eigenvalue weighted by atomic mass is 79.9. The molecule has 4 aliphatic rings. The molecule has 3 fully saturated rings. The molecule has 1 atom stereocenters. The number of aldehydes is 1. The largest absolute Gasteiger partial charge is 0.478 e. The smallest absolute Gasteiger partial charge is 0.210 e. The molecule has 1 spiro atoms. The van der Waals surface area contributed by atoms with Crippen LogP contribution in [-0.4, -0.2) is 87.9 Å². The van der Waals surface area contributed by atoms with Crippen molar-refractivity contribution < 1.29 is 60.8 Å². The number of Topliss-reactive ketones (excluding diaryl/α,β-unsaturated/α-hetero) is 3. The van der Waals surface area contributed by atoms with Crippen LogP contribution < -0.4 is 4.74 Å². The topological polar surface area (TPSA) is 158 Å². The van der Waals surface area contributed by atoms with Crippen molar-refractivity contribution in [2.45, 2.75) is 132 Å². The summed E-state index contributed by atoms with van der Waals surface area (Å²) in [7, 11) is 3.18. The molecule has 8 rings (SSSR count). The van der Waals surface area contributed by atoms with Gasteiger partial charge in [0.15, 0.2) is 32.1 Å². The van der Waals surface area contributed by atoms with Crippen LogP contribution in [-0.2, 0) is 23.4 Å². The number of nitriles is 1. The first-order chi connectivity index (χ1) is 34.0. The number of hydrogen-bond acceptors (Lipinski definition) is 11. The fourth-order valence-electron chi connectivity index (χ4n) is 8.33. The molecule has 1 unspecified atom stereocenters. The summed E-state index contributed by atoms with van der Waals surface area (Å²) in [6, 6.07) is 20.5. The maximum absolute atomic E-state index is 13.7. The Bertz CT molecular complexity index is 2530. The molecule has 0 aromatic heterocycles. The first-order valence-electron chi connectivity index (χ1n) is 23.3. The Kier molecular flexibility index (Phi) is 24.2. The van der Waals surface area contributed by atoms with Gasteiger partial charge in [0, 0.05) is 57.6 Å². The number of aliphatic hydroxyl groups is 1. The zero-order chi connectivity index (χ0) is 53.4. The third-order valence-corrected chi connectivity index (χ3v) is 15.3. The Morgan fingerprint density at radius 2 is 1.19 bits per heavy atom. The first-order valence-corrected chi connectivity index (χ1v) is 29.9. The van der Waals surface area contributed by atoms with Gasteiger partial charge in [-0.3, -0.25) is 19.2 Å². The van der Waals surface area contributed by atoms with Crippen molar-refractivity contribution in [3.05, 3.63) is 130 Å². The number of hydrogen-bond donors (Lipinski definition) is 1. The van der Waals surface area contributed by atoms with Gasteiger partial charge in [0.25, 0.3) is 0 Å². The molecule has 0 bridgehead atoms. The molecule has 1 aliphatic heterocycles. The summed E-state index contributed by atoms with van der Waals surface area (Å²) in [6.07, 6.45) is 8.72. The molecule has 4 aromatic rings. The maximum Gasteiger partial charge on any atom is 0.210 e. The minimum atomic E-state index is -1.87. The van der Waals surface area contributed by atoms with E-state index >= 15 is 0 Å². The predicted molar refractivity (Wildman–Crippen MR) is 284 cm³/mol. The van der Waals surface area contributed by atoms with Crippen LogP contribution in [0.5, 0.6) is 5.75 Å². The zero-order valence-corrected chi connectivity index (χ0v) is 48.4. The Morgan fingerprint density at radius 3 is 1.71 bits per heavy atom. The van der Waals surface area contributed by atoms with Crippen LogP contribution in [0.1, 0.15) is 120 Å². The molecule has 1 N–H and O–H groups in total. The van der Waals surface area contributed by atoms with E-state index in [9.17, 15) is 37.5 Å². The Balaban J connectivity index is 0.000000201. The van der Waals surface area contributed by atoms with E-state index in [-0.39, 0.29) is 29.1 Å². The van der Waals surface area contributed by atoms with E-state index in [1.165, 1.54) is 36.4 Å². The normalized spacial score (nSPS) is 21.8. The van der Waals surface area contributed by atoms with E-state index < -0.39 is 48.9 Å². The van der Waals surface area contributed by atoms with Crippen molar-refractivity contribution in [1.29, 1.82) is 5.26 Å². The molecule has 19 heteroatoms. The number of methoxy groups -OCH3 is 3. The second kappa shape index (κ2) is 28.5. The third-order valence-electron chi connectivity index (χ3n) is 12.4. The SMILES string of the molecule is COC1CCC(=O)CC1.COC1CCC(O)(C(=O)c2cc(Br)ccc2F)CC1.COC1CCC2(CC1)Oc1ccc(Br)cc1C2=O.C[Si](C)(C)OC(C#N)c1cc(Br)ccc1F.O=Cc1cc(Br)ccc1F. The number of carbonyl (C=O) groups excluding carboxylic acids is 4. The van der Waals surface area contributed by atoms with Crippen molar-refractivity contribution in [1.82, 2.24) is 0 Å². The molecule has 0 amide bonds. The summed E-state index contributed by atoms with van der Waals surface area (Å²) < 4.78 is 70.0. The van der Waals surface area contributed by atoms with Crippen LogP contribution in [0.25, 0.3) is 0 Å². The summed E-state index contributed by atoms with van der Waals surface area (Å²) in [6.45, 7) is 5.90. The van der Waals surface area contributed by atoms with Gasteiger partial charge in [-0.05, 0) is 157 Å². The molecule has 0 radical (unpaired) electrons. The molecular weight excluding hydrogens is 1220 g/mol. The molecule has 3 aliphatic carbocycles. The molecule has 0 saturated heterocycles. The highest BCUT2D eigenvalue weighted by Gasteiger charge is 2.50. The summed E-state index contributed by atoms with van der Waals surface area (Å²) >= 11 is 13.0. The van der Waals surface area contributed by atoms with E-state index in [0.29, 0.717) is 63.9 Å². The summed E-state index contributed by atoms with van der Waals surface area (Å²) in [4.78, 5) is 45.7. The zero-order valence-electron chi connectivity index (χ0n) is 41.0. The maximum atomic E-state index is 13.7. The molecule has 1 heterocycles. The van der Waals surface area contributed by atoms with Crippen molar-refractivity contribution in [3.8, 4) is 11.8 Å². The van der Waals surface area contributed by atoms with Gasteiger partial charge < -0.3 is 28.5 Å². The average molecular weight is 1280 g/mol. The Hall–Kier alpha value is -3.42. The van der Waals surface area contributed by atoms with Crippen molar-refractivity contribution in [2.75, 3.05) is 21.3 Å². The van der Waals surface area contributed by atoms with Crippen molar-refractivity contribution in [3.63, 3.8) is 0 Å². The minimum Gasteiger partial charge on any atom is -0.478 e. The molecule has 3 saturated carbocycles. The lowest BCUT2D eigenvalue weighted by Gasteiger charge is -2.34. The molecular formula is C53H60Br4F3NO10Si. The number of ketones is 3. The van der Waals surface area contributed by atoms with Crippen LogP contribution >= 0.6 is 63.7 Å². The number of rotatable bonds is 9. The first kappa shape index (κ1) is 61.1. The molecule has 390 valence electrons. The van der Waals surface area contributed by atoms with Crippen LogP contribution in [0, 0.1) is 28.8 Å². The van der Waals surface area contributed by atoms with Crippen LogP contribution in [0.4, 0.5) is 13.2 Å². The summed E-state index contributed by atoms with van der Waals surface area (Å²) in [5.41, 5.74) is -1.09. The van der Waals surface area contributed by atoms with E-state index in [1.807, 2.05) is 43.9 Å². The second-order valence-electron chi connectivity index (χ2n) is 18.6. The van der Waals surface area contributed by atoms with E-state index in [2.05, 4.69) is 63.7 Å². The average Bonchev–Trinajstić information content (AvgIpc) is 3.62. The lowest BCUT2D eigenvalue weighted by molar-refractivity contribution is -0.122. The Labute approximate surface area is 454 Å². The number of ether oxygens (including phenoxy) is 4. The van der Waals surface area contributed by atoms with Gasteiger partial charge in [-0.1, -0.05) is 63.7 Å². The third kappa shape index (κ3) is 17.9. The van der Waals surface area contributed by atoms with Gasteiger partial charge in [-0.15, -0.1) is 0 Å². The van der Waals surface area contributed by atoms with E-state index in [4.69, 9.17) is 28.6 Å². The molecule has 4 aromatic carbocycles. The second-order valence-corrected chi connectivity index (χ2v) is 26.7. The quantitative estimate of drug-likeness (QED) is 0.0966. The monoisotopic (exact) mass is 1270 g/mol. The van der Waals surface area contributed by atoms with Gasteiger partial charge in [0.1, 0.15) is 34.6 Å². The summed E-state index contributed by atoms with van der Waals surface area (Å²) in [5, 5.41) is 19.5. The minimum absolute atomic E-state index is 0.0623. The lowest BCUT2D eigenvalue weighted by Crippen LogP contribution is -2.44. The number of benzene rings is 4. The standard InChI is InChI=1S/C14H16BrFO3.C14H15BrO3.C11H13BrFNOSi.C7H4BrFO.C7H12O2/c1-19-10-4-6-14(18,7-5-10)13(17)11-8-9(15)2-3-12(11)16;1-17-10-4-6-14(7-5-10)13(16)11-8-9(15)2-3-12(11)18-14;1-16(2,3)15-11(7-14)9-6-8(12)4-5-10(9)13;8-6-1-2-7(9)5(3-6)4-10;1-9-7-4-2-6(8)3-5-7/h2-3,8,10,18H,4-7H2,1H3;2-3,8,10H,4-7H2,1H3;4-6,11H,1-3H3;1-4H;7H,2-5H2,1H3. The summed E-state index contributed by atoms with van der Waals surface area (Å²) in [5.74, 6) is -0.793. The van der Waals surface area contributed by atoms with Crippen LogP contribution in [0.15, 0.2) is 90.7 Å². The van der Waals surface area contributed by atoms with Gasteiger partial charge in [-0.2, -0.15) is 5.26 Å². The van der Waals surface area contributed by atoms with E-state index in [0.717, 1.165) is 66.1 Å². The lowest BCUT2D eigenvalue weighted by atomic mass is 9.78.